The first-order chi connectivity index (χ1) is 11.5. The highest BCUT2D eigenvalue weighted by Crippen LogP contribution is 2.53. The third kappa shape index (κ3) is 3.33. The van der Waals surface area contributed by atoms with Crippen molar-refractivity contribution in [1.82, 2.24) is 0 Å². The Labute approximate surface area is 151 Å². The number of hydrogen-bond donors (Lipinski definition) is 1. The summed E-state index contributed by atoms with van der Waals surface area (Å²) in [6, 6.07) is 2.18. The van der Waals surface area contributed by atoms with Crippen molar-refractivity contribution in [2.45, 2.75) is 23.2 Å². The number of aliphatic hydroxyl groups excluding tert-OH is 1. The molecular formula is C15H14BrF2NO5S. The van der Waals surface area contributed by atoms with Crippen molar-refractivity contribution < 1.29 is 31.8 Å². The molecule has 25 heavy (non-hydrogen) atoms. The van der Waals surface area contributed by atoms with Crippen molar-refractivity contribution in [3.63, 3.8) is 0 Å². The van der Waals surface area contributed by atoms with Crippen LogP contribution in [0, 0.1) is 0 Å². The number of fused-ring (bicyclic) bond motifs is 1. The smallest absolute Gasteiger partial charge is 0.379 e. The van der Waals surface area contributed by atoms with Crippen molar-refractivity contribution in [3.05, 3.63) is 46.5 Å². The number of alkyl halides is 2. The summed E-state index contributed by atoms with van der Waals surface area (Å²) in [5.41, 5.74) is -0.438. The van der Waals surface area contributed by atoms with Crippen molar-refractivity contribution in [2.75, 3.05) is 7.11 Å². The fourth-order valence-corrected chi connectivity index (χ4v) is 4.29. The van der Waals surface area contributed by atoms with Crippen LogP contribution in [0.5, 0.6) is 5.75 Å². The summed E-state index contributed by atoms with van der Waals surface area (Å²) >= 11 is 3.02. The van der Waals surface area contributed by atoms with E-state index in [-0.39, 0.29) is 16.0 Å². The molecule has 0 bridgehead atoms. The summed E-state index contributed by atoms with van der Waals surface area (Å²) in [6.45, 7) is 5.09. The summed E-state index contributed by atoms with van der Waals surface area (Å²) in [5, 5.41) is 5.44. The van der Waals surface area contributed by atoms with Gasteiger partial charge in [-0.05, 0) is 35.0 Å². The average Bonchev–Trinajstić information content (AvgIpc) is 2.67. The number of hydrogen-bond acceptors (Lipinski definition) is 6. The van der Waals surface area contributed by atoms with E-state index in [0.717, 1.165) is 6.07 Å². The van der Waals surface area contributed by atoms with Gasteiger partial charge in [0, 0.05) is 5.56 Å². The lowest BCUT2D eigenvalue weighted by Gasteiger charge is -2.14. The van der Waals surface area contributed by atoms with Crippen LogP contribution in [-0.2, 0) is 14.6 Å². The third-order valence-electron chi connectivity index (χ3n) is 3.35. The van der Waals surface area contributed by atoms with Gasteiger partial charge in [0.2, 0.25) is 9.84 Å². The van der Waals surface area contributed by atoms with Gasteiger partial charge in [-0.15, -0.1) is 0 Å². The zero-order chi connectivity index (χ0) is 19.0. The molecule has 6 nitrogen and oxygen atoms in total. The lowest BCUT2D eigenvalue weighted by atomic mass is 10.1. The Balaban J connectivity index is 2.36. The maximum absolute atomic E-state index is 13.8. The molecule has 0 spiro atoms. The summed E-state index contributed by atoms with van der Waals surface area (Å²) in [4.78, 5) is 3.25. The Morgan fingerprint density at radius 3 is 2.72 bits per heavy atom. The summed E-state index contributed by atoms with van der Waals surface area (Å²) in [5.74, 6) is 0.654. The van der Waals surface area contributed by atoms with Gasteiger partial charge in [0.15, 0.2) is 6.10 Å². The van der Waals surface area contributed by atoms with Gasteiger partial charge in [0.1, 0.15) is 17.3 Å². The minimum absolute atomic E-state index is 0.0558. The van der Waals surface area contributed by atoms with E-state index in [0.29, 0.717) is 5.76 Å². The molecule has 1 aromatic rings. The number of aliphatic hydroxyl groups is 1. The molecule has 0 aliphatic carbocycles. The minimum Gasteiger partial charge on any atom is -0.496 e. The molecule has 0 saturated carbocycles. The minimum atomic E-state index is -4.96. The normalized spacial score (nSPS) is 21.2. The number of methoxy groups -OCH3 is 1. The Bertz CT molecular complexity index is 880. The number of sulfone groups is 1. The monoisotopic (exact) mass is 437 g/mol. The van der Waals surface area contributed by atoms with Gasteiger partial charge in [0.25, 0.3) is 0 Å². The summed E-state index contributed by atoms with van der Waals surface area (Å²) in [6.07, 6.45) is 0.172. The molecule has 0 radical (unpaired) electrons. The van der Waals surface area contributed by atoms with Crippen LogP contribution < -0.4 is 4.74 Å². The molecular weight excluding hydrogens is 424 g/mol. The summed E-state index contributed by atoms with van der Waals surface area (Å²) < 4.78 is 61.4. The predicted octanol–water partition coefficient (Wildman–Crippen LogP) is 3.33. The first kappa shape index (κ1) is 19.5. The highest BCUT2D eigenvalue weighted by Gasteiger charge is 2.61. The van der Waals surface area contributed by atoms with Gasteiger partial charge in [0.05, 0.1) is 28.9 Å². The Morgan fingerprint density at radius 2 is 2.12 bits per heavy atom. The molecule has 0 aromatic heterocycles. The van der Waals surface area contributed by atoms with E-state index in [2.05, 4.69) is 27.5 Å². The molecule has 0 saturated heterocycles. The molecule has 1 heterocycles. The lowest BCUT2D eigenvalue weighted by molar-refractivity contribution is -0.0379. The highest BCUT2D eigenvalue weighted by molar-refractivity contribution is 9.10. The van der Waals surface area contributed by atoms with Crippen LogP contribution >= 0.6 is 15.9 Å². The fourth-order valence-electron chi connectivity index (χ4n) is 2.06. The van der Waals surface area contributed by atoms with Gasteiger partial charge in [-0.25, -0.2) is 8.42 Å². The maximum atomic E-state index is 13.8. The van der Waals surface area contributed by atoms with Crippen molar-refractivity contribution >= 4 is 32.0 Å². The molecule has 0 unspecified atom stereocenters. The second-order valence-electron chi connectivity index (χ2n) is 5.05. The quantitative estimate of drug-likeness (QED) is 0.563. The zero-order valence-corrected chi connectivity index (χ0v) is 15.6. The van der Waals surface area contributed by atoms with Gasteiger partial charge in [-0.3, -0.25) is 4.99 Å². The second kappa shape index (κ2) is 6.85. The molecule has 10 heteroatoms. The molecule has 0 fully saturated rings. The number of aliphatic imine (C=N–C) groups is 1. The van der Waals surface area contributed by atoms with E-state index in [9.17, 15) is 22.3 Å². The van der Waals surface area contributed by atoms with E-state index in [4.69, 9.17) is 9.47 Å². The number of benzene rings is 1. The molecule has 1 aromatic carbocycles. The topological polar surface area (TPSA) is 85.2 Å². The van der Waals surface area contributed by atoms with Crippen LogP contribution in [0.1, 0.15) is 18.6 Å². The summed E-state index contributed by atoms with van der Waals surface area (Å²) in [7, 11) is -3.53. The van der Waals surface area contributed by atoms with Gasteiger partial charge >= 0.3 is 5.25 Å². The highest BCUT2D eigenvalue weighted by atomic mass is 79.9. The van der Waals surface area contributed by atoms with Gasteiger partial charge < -0.3 is 14.6 Å². The Hall–Kier alpha value is -1.78. The first-order valence-electron chi connectivity index (χ1n) is 6.77. The van der Waals surface area contributed by atoms with Crippen LogP contribution in [0.2, 0.25) is 0 Å². The second-order valence-corrected chi connectivity index (χ2v) is 7.83. The van der Waals surface area contributed by atoms with E-state index in [1.807, 2.05) is 0 Å². The van der Waals surface area contributed by atoms with Crippen molar-refractivity contribution in [1.29, 1.82) is 0 Å². The Morgan fingerprint density at radius 1 is 1.48 bits per heavy atom. The standard InChI is InChI=1S/C15H14BrF2NO5S/c1-8(23-3)6-19-7-9(2)24-10-4-5-11-12(13(10)16)14(20)15(17,18)25(11,21)22/h4-7,14,20H,1H2,2-3H3/b9-7+,19-6-/t14-/m1/s1. The first-order valence-corrected chi connectivity index (χ1v) is 9.05. The zero-order valence-electron chi connectivity index (χ0n) is 13.2. The third-order valence-corrected chi connectivity index (χ3v) is 6.04. The van der Waals surface area contributed by atoms with E-state index in [1.165, 1.54) is 25.6 Å². The predicted molar refractivity (Wildman–Crippen MR) is 90.3 cm³/mol. The van der Waals surface area contributed by atoms with Crippen molar-refractivity contribution in [2.24, 2.45) is 4.99 Å². The number of halogens is 3. The molecule has 1 aliphatic rings. The molecule has 0 amide bonds. The van der Waals surface area contributed by atoms with E-state index >= 15 is 0 Å². The van der Waals surface area contributed by atoms with Crippen LogP contribution in [0.3, 0.4) is 0 Å². The Kier molecular flexibility index (Phi) is 5.35. The van der Waals surface area contributed by atoms with Gasteiger partial charge in [-0.2, -0.15) is 8.78 Å². The molecule has 136 valence electrons. The van der Waals surface area contributed by atoms with Crippen LogP contribution in [0.15, 0.2) is 50.8 Å². The largest absolute Gasteiger partial charge is 0.496 e. The number of allylic oxidation sites excluding steroid dienone is 2. The van der Waals surface area contributed by atoms with Crippen LogP contribution in [-0.4, -0.2) is 32.1 Å². The van der Waals surface area contributed by atoms with Crippen molar-refractivity contribution in [3.8, 4) is 5.75 Å². The number of ether oxygens (including phenoxy) is 2. The van der Waals surface area contributed by atoms with Gasteiger partial charge in [-0.1, -0.05) is 6.58 Å². The number of rotatable bonds is 5. The van der Waals surface area contributed by atoms with E-state index < -0.39 is 31.7 Å². The molecule has 1 atom stereocenters. The maximum Gasteiger partial charge on any atom is 0.379 e. The average molecular weight is 438 g/mol. The van der Waals surface area contributed by atoms with E-state index in [1.54, 1.807) is 6.92 Å². The lowest BCUT2D eigenvalue weighted by Crippen LogP contribution is -2.28. The fraction of sp³-hybridized carbons (Fsp3) is 0.267. The molecule has 1 N–H and O–H groups in total. The van der Waals surface area contributed by atoms with Crippen LogP contribution in [0.4, 0.5) is 8.78 Å². The number of nitrogens with zero attached hydrogens (tertiary/aromatic N) is 1. The molecule has 1 aliphatic heterocycles. The molecule has 2 rings (SSSR count). The SMILES string of the molecule is C=C(/C=N\C=C(/C)Oc1ccc2c(c1Br)[C@@H](O)C(F)(F)S2(=O)=O)OC. The van der Waals surface area contributed by atoms with Crippen LogP contribution in [0.25, 0.3) is 0 Å².